The molecule has 68 valence electrons. The van der Waals surface area contributed by atoms with Crippen molar-refractivity contribution in [1.29, 1.82) is 0 Å². The lowest BCUT2D eigenvalue weighted by Gasteiger charge is -2.30. The number of aliphatic hydroxyl groups excluding tert-OH is 1. The van der Waals surface area contributed by atoms with Gasteiger partial charge in [0, 0.05) is 5.54 Å². The van der Waals surface area contributed by atoms with Crippen molar-refractivity contribution in [3.63, 3.8) is 0 Å². The van der Waals surface area contributed by atoms with E-state index in [4.69, 9.17) is 0 Å². The zero-order valence-corrected chi connectivity index (χ0v) is 8.31. The molecule has 0 saturated heterocycles. The molecule has 0 aliphatic carbocycles. The van der Waals surface area contributed by atoms with Gasteiger partial charge >= 0.3 is 0 Å². The number of nitrogens with one attached hydrogen (secondary N) is 1. The van der Waals surface area contributed by atoms with Gasteiger partial charge in [-0.1, -0.05) is 13.8 Å². The monoisotopic (exact) mass is 159 g/mol. The first-order valence-electron chi connectivity index (χ1n) is 4.29. The molecule has 0 aromatic heterocycles. The Morgan fingerprint density at radius 2 is 1.73 bits per heavy atom. The van der Waals surface area contributed by atoms with Crippen LogP contribution in [0.3, 0.4) is 0 Å². The largest absolute Gasteiger partial charge is 0.392 e. The second kappa shape index (κ2) is 4.07. The third kappa shape index (κ3) is 4.38. The Balaban J connectivity index is 3.73. The second-order valence-electron chi connectivity index (χ2n) is 4.17. The van der Waals surface area contributed by atoms with E-state index in [0.29, 0.717) is 5.92 Å². The molecule has 11 heavy (non-hydrogen) atoms. The zero-order chi connectivity index (χ0) is 9.07. The van der Waals surface area contributed by atoms with Gasteiger partial charge in [0.05, 0.1) is 6.10 Å². The van der Waals surface area contributed by atoms with Gasteiger partial charge in [-0.15, -0.1) is 0 Å². The summed E-state index contributed by atoms with van der Waals surface area (Å²) in [5.74, 6) is 0.632. The van der Waals surface area contributed by atoms with Crippen molar-refractivity contribution in [2.24, 2.45) is 5.92 Å². The third-order valence-electron chi connectivity index (χ3n) is 2.01. The van der Waals surface area contributed by atoms with Crippen molar-refractivity contribution >= 4 is 0 Å². The maximum atomic E-state index is 9.33. The van der Waals surface area contributed by atoms with E-state index in [9.17, 15) is 5.11 Å². The molecule has 0 radical (unpaired) electrons. The molecule has 0 saturated carbocycles. The lowest BCUT2D eigenvalue weighted by atomic mass is 9.98. The normalized spacial score (nSPS) is 15.5. The Kier molecular flexibility index (Phi) is 4.04. The van der Waals surface area contributed by atoms with Crippen molar-refractivity contribution < 1.29 is 5.11 Å². The highest BCUT2D eigenvalue weighted by atomic mass is 16.3. The minimum Gasteiger partial charge on any atom is -0.392 e. The minimum absolute atomic E-state index is 0.162. The van der Waals surface area contributed by atoms with Gasteiger partial charge in [-0.05, 0) is 33.2 Å². The van der Waals surface area contributed by atoms with Crippen LogP contribution in [-0.2, 0) is 0 Å². The number of rotatable bonds is 4. The molecular formula is C9H21NO. The molecule has 1 atom stereocenters. The van der Waals surface area contributed by atoms with E-state index in [1.54, 1.807) is 0 Å². The highest BCUT2D eigenvalue weighted by Crippen LogP contribution is 2.08. The van der Waals surface area contributed by atoms with Crippen LogP contribution >= 0.6 is 0 Å². The van der Waals surface area contributed by atoms with E-state index < -0.39 is 0 Å². The van der Waals surface area contributed by atoms with Crippen LogP contribution in [0.2, 0.25) is 0 Å². The van der Waals surface area contributed by atoms with Crippen molar-refractivity contribution in [3.05, 3.63) is 0 Å². The van der Waals surface area contributed by atoms with Gasteiger partial charge in [0.1, 0.15) is 0 Å². The molecule has 0 aromatic rings. The van der Waals surface area contributed by atoms with Gasteiger partial charge in [-0.3, -0.25) is 0 Å². The molecule has 0 aliphatic rings. The molecule has 0 amide bonds. The molecule has 0 heterocycles. The second-order valence-corrected chi connectivity index (χ2v) is 4.17. The first-order valence-corrected chi connectivity index (χ1v) is 4.29. The van der Waals surface area contributed by atoms with Gasteiger partial charge in [-0.25, -0.2) is 0 Å². The summed E-state index contributed by atoms with van der Waals surface area (Å²) in [6, 6.07) is 0. The molecule has 0 fully saturated rings. The maximum absolute atomic E-state index is 9.33. The smallest absolute Gasteiger partial charge is 0.0688 e. The fourth-order valence-electron chi connectivity index (χ4n) is 0.615. The van der Waals surface area contributed by atoms with Crippen molar-refractivity contribution in [3.8, 4) is 0 Å². The van der Waals surface area contributed by atoms with Crippen LogP contribution < -0.4 is 5.32 Å². The standard InChI is InChI=1S/C9H21NO/c1-7(2)6-10-9(4,5)8(3)11/h7-8,10-11H,6H2,1-5H3. The zero-order valence-electron chi connectivity index (χ0n) is 8.31. The molecule has 1 unspecified atom stereocenters. The predicted molar refractivity (Wildman–Crippen MR) is 48.6 cm³/mol. The SMILES string of the molecule is CC(C)CNC(C)(C)C(C)O. The average Bonchev–Trinajstić information content (AvgIpc) is 1.84. The quantitative estimate of drug-likeness (QED) is 0.649. The Morgan fingerprint density at radius 1 is 1.27 bits per heavy atom. The first-order chi connectivity index (χ1) is 4.86. The molecule has 2 N–H and O–H groups in total. The summed E-state index contributed by atoms with van der Waals surface area (Å²) in [6.07, 6.45) is -0.304. The maximum Gasteiger partial charge on any atom is 0.0688 e. The molecule has 0 aliphatic heterocycles. The van der Waals surface area contributed by atoms with Crippen LogP contribution in [0.25, 0.3) is 0 Å². The first kappa shape index (κ1) is 10.9. The predicted octanol–water partition coefficient (Wildman–Crippen LogP) is 1.39. The Labute approximate surface area is 70.0 Å². The van der Waals surface area contributed by atoms with Crippen molar-refractivity contribution in [2.75, 3.05) is 6.54 Å². The molecule has 0 aromatic carbocycles. The lowest BCUT2D eigenvalue weighted by Crippen LogP contribution is -2.49. The Bertz CT molecular complexity index is 108. The Hall–Kier alpha value is -0.0800. The highest BCUT2D eigenvalue weighted by Gasteiger charge is 2.22. The summed E-state index contributed by atoms with van der Waals surface area (Å²) in [7, 11) is 0. The van der Waals surface area contributed by atoms with Crippen LogP contribution in [-0.4, -0.2) is 23.3 Å². The number of hydrogen-bond acceptors (Lipinski definition) is 2. The van der Waals surface area contributed by atoms with Crippen molar-refractivity contribution in [1.82, 2.24) is 5.32 Å². The summed E-state index contributed by atoms with van der Waals surface area (Å²) in [5.41, 5.74) is -0.162. The van der Waals surface area contributed by atoms with Gasteiger partial charge in [0.15, 0.2) is 0 Å². The lowest BCUT2D eigenvalue weighted by molar-refractivity contribution is 0.0947. The van der Waals surface area contributed by atoms with E-state index in [1.165, 1.54) is 0 Å². The van der Waals surface area contributed by atoms with E-state index in [0.717, 1.165) is 6.54 Å². The summed E-state index contributed by atoms with van der Waals surface area (Å²) >= 11 is 0. The highest BCUT2D eigenvalue weighted by molar-refractivity contribution is 4.82. The van der Waals surface area contributed by atoms with Crippen LogP contribution in [0.1, 0.15) is 34.6 Å². The number of hydrogen-bond donors (Lipinski definition) is 2. The van der Waals surface area contributed by atoms with Gasteiger partial charge in [0.2, 0.25) is 0 Å². The fraction of sp³-hybridized carbons (Fsp3) is 1.00. The van der Waals surface area contributed by atoms with Crippen LogP contribution in [0.4, 0.5) is 0 Å². The van der Waals surface area contributed by atoms with Crippen LogP contribution in [0, 0.1) is 5.92 Å². The van der Waals surface area contributed by atoms with Crippen molar-refractivity contribution in [2.45, 2.75) is 46.3 Å². The van der Waals surface area contributed by atoms with E-state index in [-0.39, 0.29) is 11.6 Å². The topological polar surface area (TPSA) is 32.3 Å². The summed E-state index contributed by atoms with van der Waals surface area (Å²) in [6.45, 7) is 11.1. The summed E-state index contributed by atoms with van der Waals surface area (Å²) < 4.78 is 0. The summed E-state index contributed by atoms with van der Waals surface area (Å²) in [4.78, 5) is 0. The number of aliphatic hydroxyl groups is 1. The molecule has 0 bridgehead atoms. The minimum atomic E-state index is -0.304. The van der Waals surface area contributed by atoms with E-state index in [1.807, 2.05) is 20.8 Å². The van der Waals surface area contributed by atoms with Gasteiger partial charge < -0.3 is 10.4 Å². The molecule has 2 nitrogen and oxygen atoms in total. The Morgan fingerprint density at radius 3 is 2.00 bits per heavy atom. The molecule has 0 rings (SSSR count). The van der Waals surface area contributed by atoms with Crippen LogP contribution in [0.15, 0.2) is 0 Å². The molecule has 0 spiro atoms. The third-order valence-corrected chi connectivity index (χ3v) is 2.01. The van der Waals surface area contributed by atoms with E-state index in [2.05, 4.69) is 19.2 Å². The molecule has 2 heteroatoms. The average molecular weight is 159 g/mol. The molecular weight excluding hydrogens is 138 g/mol. The van der Waals surface area contributed by atoms with E-state index >= 15 is 0 Å². The van der Waals surface area contributed by atoms with Gasteiger partial charge in [0.25, 0.3) is 0 Å². The fourth-order valence-corrected chi connectivity index (χ4v) is 0.615. The van der Waals surface area contributed by atoms with Crippen LogP contribution in [0.5, 0.6) is 0 Å². The summed E-state index contributed by atoms with van der Waals surface area (Å²) in [5, 5.41) is 12.6. The van der Waals surface area contributed by atoms with Gasteiger partial charge in [-0.2, -0.15) is 0 Å².